The monoisotopic (exact) mass is 288 g/mol. The molecule has 0 atom stereocenters. The van der Waals surface area contributed by atoms with Gasteiger partial charge in [0, 0.05) is 0 Å². The summed E-state index contributed by atoms with van der Waals surface area (Å²) < 4.78 is 5.59. The molecule has 1 aromatic heterocycles. The van der Waals surface area contributed by atoms with E-state index in [1.807, 2.05) is 49.6 Å². The molecule has 1 aromatic carbocycles. The van der Waals surface area contributed by atoms with Gasteiger partial charge in [0.1, 0.15) is 5.75 Å². The highest BCUT2D eigenvalue weighted by Crippen LogP contribution is 2.13. The van der Waals surface area contributed by atoms with E-state index in [4.69, 9.17) is 4.74 Å². The SMILES string of the molecule is CC(C)Oc1cccc(/C=N\NC(=O)c2cccs2)c1. The Morgan fingerprint density at radius 3 is 2.90 bits per heavy atom. The fourth-order valence-corrected chi connectivity index (χ4v) is 2.18. The Morgan fingerprint density at radius 1 is 1.35 bits per heavy atom. The number of carbonyl (C=O) groups excluding carboxylic acids is 1. The van der Waals surface area contributed by atoms with E-state index >= 15 is 0 Å². The number of amides is 1. The van der Waals surface area contributed by atoms with Crippen molar-refractivity contribution in [1.29, 1.82) is 0 Å². The van der Waals surface area contributed by atoms with Gasteiger partial charge in [0.05, 0.1) is 17.2 Å². The highest BCUT2D eigenvalue weighted by molar-refractivity contribution is 7.12. The molecular formula is C15H16N2O2S. The highest BCUT2D eigenvalue weighted by atomic mass is 32.1. The lowest BCUT2D eigenvalue weighted by Gasteiger charge is -2.09. The minimum absolute atomic E-state index is 0.126. The summed E-state index contributed by atoms with van der Waals surface area (Å²) >= 11 is 1.38. The molecule has 0 aliphatic rings. The van der Waals surface area contributed by atoms with E-state index in [9.17, 15) is 4.79 Å². The lowest BCUT2D eigenvalue weighted by Crippen LogP contribution is -2.16. The second-order valence-corrected chi connectivity index (χ2v) is 5.36. The lowest BCUT2D eigenvalue weighted by molar-refractivity contribution is 0.0959. The fraction of sp³-hybridized carbons (Fsp3) is 0.200. The van der Waals surface area contributed by atoms with E-state index in [1.165, 1.54) is 11.3 Å². The van der Waals surface area contributed by atoms with Crippen molar-refractivity contribution in [3.63, 3.8) is 0 Å². The van der Waals surface area contributed by atoms with Crippen LogP contribution in [0.15, 0.2) is 46.9 Å². The quantitative estimate of drug-likeness (QED) is 0.678. The molecule has 4 nitrogen and oxygen atoms in total. The van der Waals surface area contributed by atoms with Gasteiger partial charge in [-0.15, -0.1) is 11.3 Å². The average Bonchev–Trinajstić information content (AvgIpc) is 2.92. The van der Waals surface area contributed by atoms with Crippen molar-refractivity contribution < 1.29 is 9.53 Å². The maximum Gasteiger partial charge on any atom is 0.281 e. The van der Waals surface area contributed by atoms with Crippen LogP contribution in [0.3, 0.4) is 0 Å². The second kappa shape index (κ2) is 6.86. The number of carbonyl (C=O) groups is 1. The average molecular weight is 288 g/mol. The smallest absolute Gasteiger partial charge is 0.281 e. The molecule has 1 amide bonds. The Balaban J connectivity index is 1.96. The minimum atomic E-state index is -0.203. The van der Waals surface area contributed by atoms with Crippen molar-refractivity contribution in [2.75, 3.05) is 0 Å². The van der Waals surface area contributed by atoms with Crippen LogP contribution in [0.25, 0.3) is 0 Å². The van der Waals surface area contributed by atoms with Gasteiger partial charge in [-0.1, -0.05) is 18.2 Å². The van der Waals surface area contributed by atoms with E-state index in [0.717, 1.165) is 11.3 Å². The molecule has 104 valence electrons. The first kappa shape index (κ1) is 14.3. The Morgan fingerprint density at radius 2 is 2.20 bits per heavy atom. The van der Waals surface area contributed by atoms with E-state index in [-0.39, 0.29) is 12.0 Å². The summed E-state index contributed by atoms with van der Waals surface area (Å²) in [5.41, 5.74) is 3.36. The van der Waals surface area contributed by atoms with E-state index in [0.29, 0.717) is 4.88 Å². The molecule has 2 aromatic rings. The summed E-state index contributed by atoms with van der Waals surface area (Å²) in [5.74, 6) is 0.583. The number of hydrogen-bond donors (Lipinski definition) is 1. The molecule has 0 saturated heterocycles. The Bertz CT molecular complexity index is 592. The third kappa shape index (κ3) is 4.20. The van der Waals surface area contributed by atoms with Crippen LogP contribution in [-0.4, -0.2) is 18.2 Å². The number of benzene rings is 1. The van der Waals surface area contributed by atoms with Crippen LogP contribution in [0.1, 0.15) is 29.1 Å². The maximum atomic E-state index is 11.7. The van der Waals surface area contributed by atoms with Crippen LogP contribution in [-0.2, 0) is 0 Å². The molecule has 2 rings (SSSR count). The number of ether oxygens (including phenoxy) is 1. The van der Waals surface area contributed by atoms with Crippen LogP contribution < -0.4 is 10.2 Å². The predicted octanol–water partition coefficient (Wildman–Crippen LogP) is 3.30. The van der Waals surface area contributed by atoms with Crippen molar-refractivity contribution in [2.24, 2.45) is 5.10 Å². The summed E-state index contributed by atoms with van der Waals surface area (Å²) in [4.78, 5) is 12.3. The van der Waals surface area contributed by atoms with Crippen molar-refractivity contribution in [2.45, 2.75) is 20.0 Å². The van der Waals surface area contributed by atoms with Crippen LogP contribution >= 0.6 is 11.3 Å². The topological polar surface area (TPSA) is 50.7 Å². The molecule has 0 radical (unpaired) electrons. The van der Waals surface area contributed by atoms with Gasteiger partial charge in [0.2, 0.25) is 0 Å². The number of thiophene rings is 1. The predicted molar refractivity (Wildman–Crippen MR) is 81.6 cm³/mol. The summed E-state index contributed by atoms with van der Waals surface area (Å²) in [7, 11) is 0. The van der Waals surface area contributed by atoms with Crippen molar-refractivity contribution in [3.05, 3.63) is 52.2 Å². The maximum absolute atomic E-state index is 11.7. The number of rotatable bonds is 5. The van der Waals surface area contributed by atoms with Gasteiger partial charge in [-0.2, -0.15) is 5.10 Å². The number of nitrogens with one attached hydrogen (secondary N) is 1. The molecule has 1 heterocycles. The zero-order chi connectivity index (χ0) is 14.4. The van der Waals surface area contributed by atoms with Crippen LogP contribution in [0.2, 0.25) is 0 Å². The molecular weight excluding hydrogens is 272 g/mol. The molecule has 0 aliphatic carbocycles. The van der Waals surface area contributed by atoms with Gasteiger partial charge in [-0.05, 0) is 43.0 Å². The molecule has 0 bridgehead atoms. The van der Waals surface area contributed by atoms with Gasteiger partial charge in [0.15, 0.2) is 0 Å². The van der Waals surface area contributed by atoms with Crippen LogP contribution in [0.5, 0.6) is 5.75 Å². The minimum Gasteiger partial charge on any atom is -0.491 e. The first-order valence-electron chi connectivity index (χ1n) is 6.29. The van der Waals surface area contributed by atoms with E-state index in [2.05, 4.69) is 10.5 Å². The molecule has 0 fully saturated rings. The zero-order valence-corrected chi connectivity index (χ0v) is 12.2. The van der Waals surface area contributed by atoms with Gasteiger partial charge in [-0.25, -0.2) is 5.43 Å². The zero-order valence-electron chi connectivity index (χ0n) is 11.4. The van der Waals surface area contributed by atoms with Crippen LogP contribution in [0, 0.1) is 0 Å². The lowest BCUT2D eigenvalue weighted by atomic mass is 10.2. The number of hydrazone groups is 1. The molecule has 0 aliphatic heterocycles. The molecule has 1 N–H and O–H groups in total. The second-order valence-electron chi connectivity index (χ2n) is 4.42. The van der Waals surface area contributed by atoms with E-state index < -0.39 is 0 Å². The van der Waals surface area contributed by atoms with Crippen molar-refractivity contribution >= 4 is 23.5 Å². The summed E-state index contributed by atoms with van der Waals surface area (Å²) in [6, 6.07) is 11.1. The van der Waals surface area contributed by atoms with Gasteiger partial charge in [0.25, 0.3) is 5.91 Å². The standard InChI is InChI=1S/C15H16N2O2S/c1-11(2)19-13-6-3-5-12(9-13)10-16-17-15(18)14-7-4-8-20-14/h3-11H,1-2H3,(H,17,18)/b16-10-. The molecule has 0 spiro atoms. The molecule has 5 heteroatoms. The van der Waals surface area contributed by atoms with Crippen LogP contribution in [0.4, 0.5) is 0 Å². The first-order valence-corrected chi connectivity index (χ1v) is 7.17. The van der Waals surface area contributed by atoms with Gasteiger partial charge in [-0.3, -0.25) is 4.79 Å². The molecule has 20 heavy (non-hydrogen) atoms. The summed E-state index contributed by atoms with van der Waals surface area (Å²) in [5, 5.41) is 5.80. The van der Waals surface area contributed by atoms with E-state index in [1.54, 1.807) is 12.3 Å². The first-order chi connectivity index (χ1) is 9.65. The summed E-state index contributed by atoms with van der Waals surface area (Å²) in [6.45, 7) is 3.95. The molecule has 0 saturated carbocycles. The Kier molecular flexibility index (Phi) is 4.90. The molecule has 0 unspecified atom stereocenters. The van der Waals surface area contributed by atoms with Gasteiger partial charge < -0.3 is 4.74 Å². The summed E-state index contributed by atoms with van der Waals surface area (Å²) in [6.07, 6.45) is 1.72. The van der Waals surface area contributed by atoms with Crippen molar-refractivity contribution in [1.82, 2.24) is 5.43 Å². The third-order valence-electron chi connectivity index (χ3n) is 2.35. The Hall–Kier alpha value is -2.14. The normalized spacial score (nSPS) is 10.9. The fourth-order valence-electron chi connectivity index (χ4n) is 1.57. The highest BCUT2D eigenvalue weighted by Gasteiger charge is 2.03. The largest absolute Gasteiger partial charge is 0.491 e. The Labute approximate surface area is 122 Å². The van der Waals surface area contributed by atoms with Crippen molar-refractivity contribution in [3.8, 4) is 5.75 Å². The number of hydrogen-bond acceptors (Lipinski definition) is 4. The number of nitrogens with zero attached hydrogens (tertiary/aromatic N) is 1. The van der Waals surface area contributed by atoms with Gasteiger partial charge >= 0.3 is 0 Å². The third-order valence-corrected chi connectivity index (χ3v) is 3.22.